The minimum Gasteiger partial charge on any atom is -0.298 e. The van der Waals surface area contributed by atoms with Gasteiger partial charge in [-0.25, -0.2) is 9.97 Å². The predicted molar refractivity (Wildman–Crippen MR) is 96.0 cm³/mol. The number of thiophene rings is 1. The number of nitrogens with zero attached hydrogens (tertiary/aromatic N) is 2. The second-order valence-electron chi connectivity index (χ2n) is 5.67. The van der Waals surface area contributed by atoms with E-state index in [1.54, 1.807) is 23.1 Å². The van der Waals surface area contributed by atoms with Crippen LogP contribution in [0.15, 0.2) is 46.8 Å². The van der Waals surface area contributed by atoms with Gasteiger partial charge < -0.3 is 0 Å². The summed E-state index contributed by atoms with van der Waals surface area (Å²) in [6.07, 6.45) is 3.82. The number of para-hydroxylation sites is 1. The van der Waals surface area contributed by atoms with Crippen LogP contribution in [0.3, 0.4) is 0 Å². The molecule has 0 bridgehead atoms. The van der Waals surface area contributed by atoms with Crippen LogP contribution in [-0.4, -0.2) is 21.0 Å². The highest BCUT2D eigenvalue weighted by Crippen LogP contribution is 2.35. The Morgan fingerprint density at radius 2 is 2.00 bits per heavy atom. The lowest BCUT2D eigenvalue weighted by atomic mass is 9.99. The Labute approximate surface area is 143 Å². The number of Topliss-reactive ketones (excluding diaryl/α,β-unsaturated/α-hetero) is 1. The van der Waals surface area contributed by atoms with Crippen LogP contribution < -0.4 is 0 Å². The summed E-state index contributed by atoms with van der Waals surface area (Å²) in [5.41, 5.74) is 0.941. The Kier molecular flexibility index (Phi) is 4.14. The second-order valence-corrected chi connectivity index (χ2v) is 7.80. The van der Waals surface area contributed by atoms with Crippen molar-refractivity contribution in [3.05, 3.63) is 41.8 Å². The fourth-order valence-corrected chi connectivity index (χ4v) is 4.76. The van der Waals surface area contributed by atoms with Crippen molar-refractivity contribution in [2.75, 3.05) is 0 Å². The van der Waals surface area contributed by atoms with Crippen molar-refractivity contribution in [2.45, 2.75) is 36.0 Å². The molecule has 1 aliphatic carbocycles. The van der Waals surface area contributed by atoms with Crippen molar-refractivity contribution in [1.29, 1.82) is 0 Å². The van der Waals surface area contributed by atoms with E-state index >= 15 is 0 Å². The number of hydrogen-bond donors (Lipinski definition) is 0. The monoisotopic (exact) mass is 340 g/mol. The minimum absolute atomic E-state index is 0.0400. The predicted octanol–water partition coefficient (Wildman–Crippen LogP) is 4.96. The number of carbonyl (C=O) groups is 1. The van der Waals surface area contributed by atoms with Gasteiger partial charge in [-0.15, -0.1) is 11.3 Å². The third kappa shape index (κ3) is 3.03. The molecule has 2 aromatic heterocycles. The van der Waals surface area contributed by atoms with Gasteiger partial charge in [0.15, 0.2) is 5.82 Å². The molecule has 0 unspecified atom stereocenters. The molecule has 0 amide bonds. The molecule has 116 valence electrons. The molecule has 2 heterocycles. The number of ketones is 1. The van der Waals surface area contributed by atoms with Crippen LogP contribution >= 0.6 is 23.1 Å². The maximum absolute atomic E-state index is 12.2. The number of thioether (sulfide) groups is 1. The number of rotatable bonds is 3. The van der Waals surface area contributed by atoms with E-state index in [2.05, 4.69) is 0 Å². The zero-order valence-corrected chi connectivity index (χ0v) is 14.2. The second kappa shape index (κ2) is 6.42. The van der Waals surface area contributed by atoms with Crippen LogP contribution in [0.2, 0.25) is 0 Å². The van der Waals surface area contributed by atoms with Crippen LogP contribution in [-0.2, 0) is 4.79 Å². The van der Waals surface area contributed by atoms with Gasteiger partial charge in [-0.1, -0.05) is 42.4 Å². The number of aromatic nitrogens is 2. The van der Waals surface area contributed by atoms with E-state index < -0.39 is 0 Å². The van der Waals surface area contributed by atoms with Crippen LogP contribution in [0.25, 0.3) is 21.6 Å². The van der Waals surface area contributed by atoms with Gasteiger partial charge in [-0.3, -0.25) is 4.79 Å². The quantitative estimate of drug-likeness (QED) is 0.632. The fraction of sp³-hybridized carbons (Fsp3) is 0.278. The fourth-order valence-electron chi connectivity index (χ4n) is 2.86. The topological polar surface area (TPSA) is 42.9 Å². The molecule has 3 nitrogen and oxygen atoms in total. The highest BCUT2D eigenvalue weighted by atomic mass is 32.2. The minimum atomic E-state index is 0.0400. The lowest BCUT2D eigenvalue weighted by Crippen LogP contribution is -2.21. The van der Waals surface area contributed by atoms with Gasteiger partial charge in [0.1, 0.15) is 10.8 Å². The van der Waals surface area contributed by atoms with Gasteiger partial charge in [0, 0.05) is 11.8 Å². The summed E-state index contributed by atoms with van der Waals surface area (Å²) in [6, 6.07) is 12.1. The standard InChI is InChI=1S/C18H16N2OS2/c21-14-8-3-4-9-15(14)23-18-12-6-1-2-7-13(12)19-17(20-18)16-10-5-11-22-16/h1-2,5-7,10-11,15H,3-4,8-9H2/t15-/m0/s1. The van der Waals surface area contributed by atoms with Gasteiger partial charge >= 0.3 is 0 Å². The number of benzene rings is 1. The van der Waals surface area contributed by atoms with Crippen molar-refractivity contribution < 1.29 is 4.79 Å². The summed E-state index contributed by atoms with van der Waals surface area (Å²) in [5, 5.41) is 4.04. The van der Waals surface area contributed by atoms with Gasteiger partial charge in [-0.2, -0.15) is 0 Å². The summed E-state index contributed by atoms with van der Waals surface area (Å²) in [5.74, 6) is 1.12. The van der Waals surface area contributed by atoms with Crippen LogP contribution in [0.1, 0.15) is 25.7 Å². The molecular weight excluding hydrogens is 324 g/mol. The van der Waals surface area contributed by atoms with Crippen LogP contribution in [0.4, 0.5) is 0 Å². The van der Waals surface area contributed by atoms with Crippen LogP contribution in [0, 0.1) is 0 Å². The molecule has 0 N–H and O–H groups in total. The largest absolute Gasteiger partial charge is 0.298 e. The van der Waals surface area contributed by atoms with E-state index in [1.807, 2.05) is 41.8 Å². The lowest BCUT2D eigenvalue weighted by molar-refractivity contribution is -0.119. The van der Waals surface area contributed by atoms with Crippen molar-refractivity contribution in [3.63, 3.8) is 0 Å². The highest BCUT2D eigenvalue weighted by molar-refractivity contribution is 8.00. The van der Waals surface area contributed by atoms with Crippen LogP contribution in [0.5, 0.6) is 0 Å². The van der Waals surface area contributed by atoms with Gasteiger partial charge in [0.05, 0.1) is 15.6 Å². The lowest BCUT2D eigenvalue weighted by Gasteiger charge is -2.20. The SMILES string of the molecule is O=C1CCCC[C@@H]1Sc1nc(-c2cccs2)nc2ccccc12. The molecule has 5 heteroatoms. The molecule has 1 atom stereocenters. The van der Waals surface area contributed by atoms with E-state index in [9.17, 15) is 4.79 Å². The Hall–Kier alpha value is -1.72. The van der Waals surface area contributed by atoms with E-state index in [4.69, 9.17) is 9.97 Å². The first-order chi connectivity index (χ1) is 11.3. The van der Waals surface area contributed by atoms with Crippen molar-refractivity contribution >= 4 is 39.8 Å². The molecule has 1 saturated carbocycles. The average molecular weight is 340 g/mol. The molecule has 1 fully saturated rings. The number of fused-ring (bicyclic) bond motifs is 1. The molecule has 1 aromatic carbocycles. The Morgan fingerprint density at radius 1 is 1.09 bits per heavy atom. The van der Waals surface area contributed by atoms with Gasteiger partial charge in [-0.05, 0) is 30.4 Å². The first-order valence-electron chi connectivity index (χ1n) is 7.81. The maximum atomic E-state index is 12.2. The average Bonchev–Trinajstić information content (AvgIpc) is 3.11. The van der Waals surface area contributed by atoms with Crippen molar-refractivity contribution in [1.82, 2.24) is 9.97 Å². The number of hydrogen-bond acceptors (Lipinski definition) is 5. The molecule has 3 aromatic rings. The number of carbonyl (C=O) groups excluding carboxylic acids is 1. The van der Waals surface area contributed by atoms with Crippen molar-refractivity contribution in [2.24, 2.45) is 0 Å². The zero-order chi connectivity index (χ0) is 15.6. The van der Waals surface area contributed by atoms with E-state index in [0.29, 0.717) is 12.2 Å². The van der Waals surface area contributed by atoms with Crippen molar-refractivity contribution in [3.8, 4) is 10.7 Å². The molecule has 0 radical (unpaired) electrons. The zero-order valence-electron chi connectivity index (χ0n) is 12.6. The molecular formula is C18H16N2OS2. The highest BCUT2D eigenvalue weighted by Gasteiger charge is 2.25. The summed E-state index contributed by atoms with van der Waals surface area (Å²) in [7, 11) is 0. The Balaban J connectivity index is 1.78. The van der Waals surface area contributed by atoms with Gasteiger partial charge in [0.25, 0.3) is 0 Å². The molecule has 4 rings (SSSR count). The van der Waals surface area contributed by atoms with Gasteiger partial charge in [0.2, 0.25) is 0 Å². The first kappa shape index (κ1) is 14.8. The van der Waals surface area contributed by atoms with E-state index in [-0.39, 0.29) is 5.25 Å². The Morgan fingerprint density at radius 3 is 2.83 bits per heavy atom. The smallest absolute Gasteiger partial charge is 0.171 e. The third-order valence-corrected chi connectivity index (χ3v) is 6.25. The molecule has 0 spiro atoms. The Bertz CT molecular complexity index is 845. The maximum Gasteiger partial charge on any atom is 0.171 e. The van der Waals surface area contributed by atoms with E-state index in [1.165, 1.54) is 0 Å². The van der Waals surface area contributed by atoms with E-state index in [0.717, 1.165) is 45.9 Å². The summed E-state index contributed by atoms with van der Waals surface area (Å²) >= 11 is 3.26. The summed E-state index contributed by atoms with van der Waals surface area (Å²) < 4.78 is 0. The summed E-state index contributed by atoms with van der Waals surface area (Å²) in [6.45, 7) is 0. The molecule has 0 saturated heterocycles. The normalized spacial score (nSPS) is 18.4. The molecule has 23 heavy (non-hydrogen) atoms. The molecule has 0 aliphatic heterocycles. The third-order valence-electron chi connectivity index (χ3n) is 4.06. The molecule has 1 aliphatic rings. The first-order valence-corrected chi connectivity index (χ1v) is 9.57. The summed E-state index contributed by atoms with van der Waals surface area (Å²) in [4.78, 5) is 22.7.